The van der Waals surface area contributed by atoms with E-state index in [1.807, 2.05) is 31.2 Å². The van der Waals surface area contributed by atoms with Crippen LogP contribution in [0.1, 0.15) is 32.7 Å². The summed E-state index contributed by atoms with van der Waals surface area (Å²) < 4.78 is 0. The molecule has 0 aliphatic carbocycles. The van der Waals surface area contributed by atoms with Crippen molar-refractivity contribution in [3.05, 3.63) is 64.5 Å². The lowest BCUT2D eigenvalue weighted by molar-refractivity contribution is 0.103. The lowest BCUT2D eigenvalue weighted by atomic mass is 9.91. The summed E-state index contributed by atoms with van der Waals surface area (Å²) in [4.78, 5) is 16.8. The highest BCUT2D eigenvalue weighted by Crippen LogP contribution is 2.21. The van der Waals surface area contributed by atoms with Crippen molar-refractivity contribution >= 4 is 5.78 Å². The number of aryl methyl sites for hydroxylation is 1. The quantitative estimate of drug-likeness (QED) is 0.834. The summed E-state index contributed by atoms with van der Waals surface area (Å²) in [5, 5.41) is 3.33. The Kier molecular flexibility index (Phi) is 3.13. The van der Waals surface area contributed by atoms with Crippen LogP contribution >= 0.6 is 0 Å². The molecule has 1 N–H and O–H groups in total. The van der Waals surface area contributed by atoms with Gasteiger partial charge in [0.05, 0.1) is 0 Å². The van der Waals surface area contributed by atoms with Crippen LogP contribution in [-0.4, -0.2) is 17.3 Å². The Labute approximate surface area is 112 Å². The first kappa shape index (κ1) is 12.1. The maximum Gasteiger partial charge on any atom is 0.194 e. The van der Waals surface area contributed by atoms with Gasteiger partial charge in [-0.3, -0.25) is 9.78 Å². The van der Waals surface area contributed by atoms with Crippen molar-refractivity contribution in [2.45, 2.75) is 19.9 Å². The van der Waals surface area contributed by atoms with E-state index in [-0.39, 0.29) is 5.78 Å². The molecule has 2 aromatic rings. The Balaban J connectivity index is 2.02. The number of pyridine rings is 1. The molecule has 0 spiro atoms. The summed E-state index contributed by atoms with van der Waals surface area (Å²) in [6.45, 7) is 3.70. The second-order valence-corrected chi connectivity index (χ2v) is 4.89. The van der Waals surface area contributed by atoms with Crippen molar-refractivity contribution in [3.63, 3.8) is 0 Å². The van der Waals surface area contributed by atoms with Gasteiger partial charge in [0.25, 0.3) is 0 Å². The van der Waals surface area contributed by atoms with Crippen LogP contribution in [0.15, 0.2) is 36.5 Å². The summed E-state index contributed by atoms with van der Waals surface area (Å²) >= 11 is 0. The number of carbonyl (C=O) groups excluding carboxylic acids is 1. The maximum atomic E-state index is 12.6. The van der Waals surface area contributed by atoms with E-state index in [4.69, 9.17) is 0 Å². The Morgan fingerprint density at radius 3 is 2.95 bits per heavy atom. The number of ketones is 1. The fourth-order valence-corrected chi connectivity index (χ4v) is 2.50. The zero-order valence-electron chi connectivity index (χ0n) is 10.9. The van der Waals surface area contributed by atoms with Crippen LogP contribution in [0.2, 0.25) is 0 Å². The molecule has 0 atom stereocenters. The predicted molar refractivity (Wildman–Crippen MR) is 74.3 cm³/mol. The van der Waals surface area contributed by atoms with Crippen LogP contribution < -0.4 is 5.32 Å². The molecular weight excluding hydrogens is 236 g/mol. The van der Waals surface area contributed by atoms with Crippen molar-refractivity contribution in [3.8, 4) is 0 Å². The van der Waals surface area contributed by atoms with Crippen molar-refractivity contribution in [1.82, 2.24) is 10.3 Å². The molecule has 1 aromatic carbocycles. The third kappa shape index (κ3) is 2.29. The molecule has 3 rings (SSSR count). The Morgan fingerprint density at radius 1 is 1.26 bits per heavy atom. The van der Waals surface area contributed by atoms with Crippen molar-refractivity contribution in [2.75, 3.05) is 6.54 Å². The molecule has 19 heavy (non-hydrogen) atoms. The average molecular weight is 252 g/mol. The molecule has 0 unspecified atom stereocenters. The zero-order chi connectivity index (χ0) is 13.2. The molecule has 1 aromatic heterocycles. The number of carbonyl (C=O) groups is 1. The molecule has 0 saturated heterocycles. The van der Waals surface area contributed by atoms with Gasteiger partial charge in [0, 0.05) is 29.6 Å². The van der Waals surface area contributed by atoms with E-state index in [2.05, 4.69) is 16.4 Å². The molecule has 0 saturated carbocycles. The van der Waals surface area contributed by atoms with Gasteiger partial charge in [0.1, 0.15) is 0 Å². The number of fused-ring (bicyclic) bond motifs is 1. The van der Waals surface area contributed by atoms with E-state index in [1.165, 1.54) is 11.1 Å². The van der Waals surface area contributed by atoms with E-state index in [0.717, 1.165) is 30.8 Å². The lowest BCUT2D eigenvalue weighted by Crippen LogP contribution is -2.25. The van der Waals surface area contributed by atoms with Gasteiger partial charge in [-0.05, 0) is 43.1 Å². The minimum atomic E-state index is 0.0752. The standard InChI is InChI=1S/C16H16N2O/c1-11-5-6-13(10-18-11)16(19)15-4-2-3-12-9-17-8-7-14(12)15/h2-6,10,17H,7-9H2,1H3. The second kappa shape index (κ2) is 4.94. The number of nitrogens with zero attached hydrogens (tertiary/aromatic N) is 1. The molecule has 0 fully saturated rings. The average Bonchev–Trinajstić information content (AvgIpc) is 2.47. The molecule has 3 heteroatoms. The topological polar surface area (TPSA) is 42.0 Å². The number of benzene rings is 1. The second-order valence-electron chi connectivity index (χ2n) is 4.89. The highest BCUT2D eigenvalue weighted by molar-refractivity contribution is 6.09. The fourth-order valence-electron chi connectivity index (χ4n) is 2.50. The molecule has 2 heterocycles. The Hall–Kier alpha value is -2.00. The van der Waals surface area contributed by atoms with E-state index in [9.17, 15) is 4.79 Å². The monoisotopic (exact) mass is 252 g/mol. The molecule has 0 amide bonds. The molecular formula is C16H16N2O. The number of hydrogen-bond acceptors (Lipinski definition) is 3. The molecule has 1 aliphatic rings. The van der Waals surface area contributed by atoms with Gasteiger partial charge in [0.2, 0.25) is 0 Å². The number of hydrogen-bond donors (Lipinski definition) is 1. The van der Waals surface area contributed by atoms with Gasteiger partial charge in [-0.2, -0.15) is 0 Å². The van der Waals surface area contributed by atoms with Gasteiger partial charge < -0.3 is 5.32 Å². The normalized spacial score (nSPS) is 13.9. The summed E-state index contributed by atoms with van der Waals surface area (Å²) in [7, 11) is 0. The number of nitrogens with one attached hydrogen (secondary N) is 1. The summed E-state index contributed by atoms with van der Waals surface area (Å²) in [6, 6.07) is 9.70. The highest BCUT2D eigenvalue weighted by Gasteiger charge is 2.18. The minimum Gasteiger partial charge on any atom is -0.312 e. The summed E-state index contributed by atoms with van der Waals surface area (Å²) in [6.07, 6.45) is 2.58. The SMILES string of the molecule is Cc1ccc(C(=O)c2cccc3c2CCNC3)cn1. The van der Waals surface area contributed by atoms with Gasteiger partial charge in [-0.15, -0.1) is 0 Å². The largest absolute Gasteiger partial charge is 0.312 e. The van der Waals surface area contributed by atoms with E-state index < -0.39 is 0 Å². The van der Waals surface area contributed by atoms with Gasteiger partial charge in [-0.25, -0.2) is 0 Å². The van der Waals surface area contributed by atoms with E-state index in [0.29, 0.717) is 5.56 Å². The minimum absolute atomic E-state index is 0.0752. The Bertz CT molecular complexity index is 617. The third-order valence-electron chi connectivity index (χ3n) is 3.56. The van der Waals surface area contributed by atoms with Crippen molar-refractivity contribution < 1.29 is 4.79 Å². The summed E-state index contributed by atoms with van der Waals surface area (Å²) in [5.41, 5.74) is 4.84. The van der Waals surface area contributed by atoms with Crippen molar-refractivity contribution in [2.24, 2.45) is 0 Å². The lowest BCUT2D eigenvalue weighted by Gasteiger charge is -2.19. The fraction of sp³-hybridized carbons (Fsp3) is 0.250. The van der Waals surface area contributed by atoms with Crippen molar-refractivity contribution in [1.29, 1.82) is 0 Å². The van der Waals surface area contributed by atoms with Gasteiger partial charge >= 0.3 is 0 Å². The smallest absolute Gasteiger partial charge is 0.194 e. The van der Waals surface area contributed by atoms with E-state index in [1.54, 1.807) is 6.20 Å². The molecule has 96 valence electrons. The van der Waals surface area contributed by atoms with Gasteiger partial charge in [-0.1, -0.05) is 18.2 Å². The van der Waals surface area contributed by atoms with Crippen LogP contribution in [-0.2, 0) is 13.0 Å². The zero-order valence-corrected chi connectivity index (χ0v) is 10.9. The van der Waals surface area contributed by atoms with Crippen LogP contribution in [0.4, 0.5) is 0 Å². The molecule has 1 aliphatic heterocycles. The third-order valence-corrected chi connectivity index (χ3v) is 3.56. The first-order valence-electron chi connectivity index (χ1n) is 6.54. The highest BCUT2D eigenvalue weighted by atomic mass is 16.1. The molecule has 0 bridgehead atoms. The molecule has 3 nitrogen and oxygen atoms in total. The first-order chi connectivity index (χ1) is 9.25. The van der Waals surface area contributed by atoms with Crippen LogP contribution in [0.5, 0.6) is 0 Å². The van der Waals surface area contributed by atoms with Crippen LogP contribution in [0.25, 0.3) is 0 Å². The molecule has 0 radical (unpaired) electrons. The predicted octanol–water partition coefficient (Wildman–Crippen LogP) is 2.27. The number of aromatic nitrogens is 1. The van der Waals surface area contributed by atoms with Crippen LogP contribution in [0, 0.1) is 6.92 Å². The Morgan fingerprint density at radius 2 is 2.16 bits per heavy atom. The maximum absolute atomic E-state index is 12.6. The number of rotatable bonds is 2. The van der Waals surface area contributed by atoms with Crippen LogP contribution in [0.3, 0.4) is 0 Å². The first-order valence-corrected chi connectivity index (χ1v) is 6.54. The van der Waals surface area contributed by atoms with E-state index >= 15 is 0 Å². The summed E-state index contributed by atoms with van der Waals surface area (Å²) in [5.74, 6) is 0.0752. The van der Waals surface area contributed by atoms with Gasteiger partial charge in [0.15, 0.2) is 5.78 Å².